The van der Waals surface area contributed by atoms with Gasteiger partial charge in [-0.25, -0.2) is 4.99 Å². The lowest BCUT2D eigenvalue weighted by Gasteiger charge is -2.22. The van der Waals surface area contributed by atoms with Crippen molar-refractivity contribution in [2.24, 2.45) is 4.99 Å². The van der Waals surface area contributed by atoms with Crippen molar-refractivity contribution in [2.45, 2.75) is 53.1 Å². The molecule has 1 fully saturated rings. The fourth-order valence-corrected chi connectivity index (χ4v) is 4.19. The first kappa shape index (κ1) is 28.0. The second kappa shape index (κ2) is 14.2. The molecule has 0 aromatic heterocycles. The maximum absolute atomic E-state index is 12.5. The van der Waals surface area contributed by atoms with E-state index in [0.29, 0.717) is 6.54 Å². The Balaban J connectivity index is 0.00000408. The van der Waals surface area contributed by atoms with Gasteiger partial charge in [-0.05, 0) is 75.9 Å². The lowest BCUT2D eigenvalue weighted by Crippen LogP contribution is -2.38. The molecule has 1 amide bonds. The summed E-state index contributed by atoms with van der Waals surface area (Å²) < 4.78 is 0. The zero-order valence-electron chi connectivity index (χ0n) is 21.0. The summed E-state index contributed by atoms with van der Waals surface area (Å²) in [4.78, 5) is 21.6. The van der Waals surface area contributed by atoms with Crippen LogP contribution in [0.4, 0.5) is 5.69 Å². The molecule has 1 aliphatic heterocycles. The smallest absolute Gasteiger partial charge is 0.253 e. The summed E-state index contributed by atoms with van der Waals surface area (Å²) in [5, 5.41) is 6.89. The summed E-state index contributed by atoms with van der Waals surface area (Å²) in [5.41, 5.74) is 4.36. The molecule has 1 aliphatic rings. The third-order valence-corrected chi connectivity index (χ3v) is 6.21. The number of carbonyl (C=O) groups is 1. The van der Waals surface area contributed by atoms with E-state index in [9.17, 15) is 4.79 Å². The van der Waals surface area contributed by atoms with Crippen LogP contribution in [0.15, 0.2) is 53.5 Å². The van der Waals surface area contributed by atoms with Crippen LogP contribution in [-0.2, 0) is 6.54 Å². The highest BCUT2D eigenvalue weighted by molar-refractivity contribution is 14.0. The zero-order valence-corrected chi connectivity index (χ0v) is 23.3. The van der Waals surface area contributed by atoms with Crippen LogP contribution < -0.4 is 15.5 Å². The van der Waals surface area contributed by atoms with Gasteiger partial charge in [0.25, 0.3) is 5.91 Å². The Bertz CT molecular complexity index is 921. The number of nitrogens with one attached hydrogen (secondary N) is 2. The van der Waals surface area contributed by atoms with Gasteiger partial charge in [-0.1, -0.05) is 24.3 Å². The van der Waals surface area contributed by atoms with E-state index < -0.39 is 0 Å². The Morgan fingerprint density at radius 1 is 1.06 bits per heavy atom. The van der Waals surface area contributed by atoms with Crippen molar-refractivity contribution < 1.29 is 4.79 Å². The molecule has 7 heteroatoms. The van der Waals surface area contributed by atoms with E-state index in [-0.39, 0.29) is 35.9 Å². The van der Waals surface area contributed by atoms with Gasteiger partial charge in [0.05, 0.1) is 12.6 Å². The topological polar surface area (TPSA) is 60.0 Å². The fourth-order valence-electron chi connectivity index (χ4n) is 4.19. The number of guanidine groups is 1. The summed E-state index contributed by atoms with van der Waals surface area (Å²) in [6, 6.07) is 16.7. The van der Waals surface area contributed by atoms with Crippen molar-refractivity contribution in [2.75, 3.05) is 37.6 Å². The van der Waals surface area contributed by atoms with Crippen molar-refractivity contribution in [1.29, 1.82) is 0 Å². The Morgan fingerprint density at radius 3 is 2.35 bits per heavy atom. The zero-order chi connectivity index (χ0) is 23.6. The first-order valence-electron chi connectivity index (χ1n) is 12.3. The van der Waals surface area contributed by atoms with E-state index in [1.54, 1.807) is 0 Å². The molecule has 0 spiro atoms. The van der Waals surface area contributed by atoms with Gasteiger partial charge in [-0.3, -0.25) is 4.79 Å². The van der Waals surface area contributed by atoms with Crippen molar-refractivity contribution in [3.8, 4) is 0 Å². The standard InChI is InChI=1S/C27H39N5O.HI/c1-5-28-27(29-20-22-13-15-23(16-14-22)26(33)31(6-2)7-3)30-21(4)24-11-10-12-25(19-24)32-17-8-9-18-32;/h10-16,19,21H,5-9,17-18,20H2,1-4H3,(H2,28,29,30);1H. The minimum Gasteiger partial charge on any atom is -0.372 e. The molecule has 2 N–H and O–H groups in total. The van der Waals surface area contributed by atoms with Crippen molar-refractivity contribution in [3.05, 3.63) is 65.2 Å². The average Bonchev–Trinajstić information content (AvgIpc) is 3.39. The SMILES string of the molecule is CCNC(=NCc1ccc(C(=O)N(CC)CC)cc1)NC(C)c1cccc(N2CCCC2)c1.I. The molecule has 0 radical (unpaired) electrons. The van der Waals surface area contributed by atoms with Gasteiger partial charge in [0.2, 0.25) is 0 Å². The molecule has 3 rings (SSSR count). The van der Waals surface area contributed by atoms with Gasteiger partial charge in [0.1, 0.15) is 0 Å². The predicted molar refractivity (Wildman–Crippen MR) is 153 cm³/mol. The lowest BCUT2D eigenvalue weighted by atomic mass is 10.1. The normalized spacial score (nSPS) is 14.4. The van der Waals surface area contributed by atoms with Crippen LogP contribution in [0.2, 0.25) is 0 Å². The van der Waals surface area contributed by atoms with Crippen molar-refractivity contribution in [1.82, 2.24) is 15.5 Å². The van der Waals surface area contributed by atoms with E-state index in [4.69, 9.17) is 4.99 Å². The number of carbonyl (C=O) groups excluding carboxylic acids is 1. The van der Waals surface area contributed by atoms with Crippen LogP contribution >= 0.6 is 24.0 Å². The summed E-state index contributed by atoms with van der Waals surface area (Å²) >= 11 is 0. The van der Waals surface area contributed by atoms with Gasteiger partial charge in [-0.2, -0.15) is 0 Å². The van der Waals surface area contributed by atoms with Crippen LogP contribution in [0.1, 0.15) is 68.1 Å². The number of hydrogen-bond donors (Lipinski definition) is 2. The van der Waals surface area contributed by atoms with Crippen LogP contribution in [0.3, 0.4) is 0 Å². The van der Waals surface area contributed by atoms with E-state index in [0.717, 1.165) is 49.8 Å². The molecule has 2 aromatic carbocycles. The number of aliphatic imine (C=N–C) groups is 1. The third-order valence-electron chi connectivity index (χ3n) is 6.21. The molecule has 0 bridgehead atoms. The van der Waals surface area contributed by atoms with Crippen LogP contribution in [-0.4, -0.2) is 49.5 Å². The molecule has 0 saturated carbocycles. The van der Waals surface area contributed by atoms with Crippen LogP contribution in [0.25, 0.3) is 0 Å². The number of nitrogens with zero attached hydrogens (tertiary/aromatic N) is 3. The first-order valence-corrected chi connectivity index (χ1v) is 12.3. The van der Waals surface area contributed by atoms with Gasteiger partial charge in [0.15, 0.2) is 5.96 Å². The molecule has 1 atom stereocenters. The third kappa shape index (κ3) is 7.61. The van der Waals surface area contributed by atoms with Gasteiger partial charge < -0.3 is 20.4 Å². The molecular formula is C27H40IN5O. The number of amides is 1. The molecule has 1 heterocycles. The molecule has 1 saturated heterocycles. The Labute approximate surface area is 222 Å². The number of hydrogen-bond acceptors (Lipinski definition) is 3. The molecular weight excluding hydrogens is 537 g/mol. The van der Waals surface area contributed by atoms with E-state index in [2.05, 4.69) is 53.6 Å². The highest BCUT2D eigenvalue weighted by Crippen LogP contribution is 2.24. The fraction of sp³-hybridized carbons (Fsp3) is 0.481. The van der Waals surface area contributed by atoms with Gasteiger partial charge in [0, 0.05) is 44.0 Å². The van der Waals surface area contributed by atoms with Crippen molar-refractivity contribution in [3.63, 3.8) is 0 Å². The lowest BCUT2D eigenvalue weighted by molar-refractivity contribution is 0.0773. The quantitative estimate of drug-likeness (QED) is 0.244. The number of anilines is 1. The highest BCUT2D eigenvalue weighted by Gasteiger charge is 2.15. The van der Waals surface area contributed by atoms with Crippen LogP contribution in [0, 0.1) is 0 Å². The van der Waals surface area contributed by atoms with Crippen molar-refractivity contribution >= 4 is 41.5 Å². The minimum atomic E-state index is 0. The highest BCUT2D eigenvalue weighted by atomic mass is 127. The van der Waals surface area contributed by atoms with E-state index in [1.165, 1.54) is 24.1 Å². The largest absolute Gasteiger partial charge is 0.372 e. The first-order chi connectivity index (χ1) is 16.0. The number of rotatable bonds is 9. The number of halogens is 1. The Morgan fingerprint density at radius 2 is 1.74 bits per heavy atom. The molecule has 6 nitrogen and oxygen atoms in total. The number of benzene rings is 2. The Kier molecular flexibility index (Phi) is 11.7. The maximum atomic E-state index is 12.5. The molecule has 1 unspecified atom stereocenters. The second-order valence-corrected chi connectivity index (χ2v) is 8.52. The summed E-state index contributed by atoms with van der Waals surface area (Å²) in [7, 11) is 0. The predicted octanol–water partition coefficient (Wildman–Crippen LogP) is 5.20. The molecule has 186 valence electrons. The average molecular weight is 578 g/mol. The molecule has 34 heavy (non-hydrogen) atoms. The van der Waals surface area contributed by atoms with Crippen LogP contribution in [0.5, 0.6) is 0 Å². The van der Waals surface area contributed by atoms with Gasteiger partial charge >= 0.3 is 0 Å². The molecule has 2 aromatic rings. The summed E-state index contributed by atoms with van der Waals surface area (Å²) in [5.74, 6) is 0.870. The van der Waals surface area contributed by atoms with E-state index in [1.807, 2.05) is 43.0 Å². The monoisotopic (exact) mass is 577 g/mol. The van der Waals surface area contributed by atoms with Gasteiger partial charge in [-0.15, -0.1) is 24.0 Å². The summed E-state index contributed by atoms with van der Waals surface area (Å²) in [6.45, 7) is 13.3. The minimum absolute atomic E-state index is 0. The second-order valence-electron chi connectivity index (χ2n) is 8.52. The maximum Gasteiger partial charge on any atom is 0.253 e. The van der Waals surface area contributed by atoms with E-state index >= 15 is 0 Å². The summed E-state index contributed by atoms with van der Waals surface area (Å²) in [6.07, 6.45) is 2.56. The Hall–Kier alpha value is -2.29. The molecule has 0 aliphatic carbocycles.